The number of hydrogen-bond acceptors (Lipinski definition) is 3. The first-order valence-electron chi connectivity index (χ1n) is 10.7. The first-order chi connectivity index (χ1) is 15.1. The van der Waals surface area contributed by atoms with Crippen molar-refractivity contribution in [1.29, 1.82) is 0 Å². The highest BCUT2D eigenvalue weighted by atomic mass is 16.2. The Labute approximate surface area is 179 Å². The topological polar surface area (TPSA) is 94.3 Å². The first kappa shape index (κ1) is 19.4. The second-order valence-electron chi connectivity index (χ2n) is 8.13. The molecule has 1 aliphatic carbocycles. The Morgan fingerprint density at radius 3 is 2.68 bits per heavy atom. The molecule has 31 heavy (non-hydrogen) atoms. The molecule has 0 radical (unpaired) electrons. The number of fused-ring (bicyclic) bond motifs is 3. The molecule has 0 spiro atoms. The molecule has 7 heteroatoms. The molecule has 7 nitrogen and oxygen atoms in total. The van der Waals surface area contributed by atoms with Crippen LogP contribution in [0, 0.1) is 0 Å². The molecule has 2 heterocycles. The van der Waals surface area contributed by atoms with E-state index in [1.807, 2.05) is 18.2 Å². The zero-order valence-corrected chi connectivity index (χ0v) is 17.1. The predicted octanol–water partition coefficient (Wildman–Crippen LogP) is 3.57. The van der Waals surface area contributed by atoms with Gasteiger partial charge >= 0.3 is 6.03 Å². The lowest BCUT2D eigenvalue weighted by atomic mass is 9.91. The molecule has 2 unspecified atom stereocenters. The van der Waals surface area contributed by atoms with E-state index in [9.17, 15) is 14.4 Å². The van der Waals surface area contributed by atoms with Crippen molar-refractivity contribution in [1.82, 2.24) is 15.6 Å². The summed E-state index contributed by atoms with van der Waals surface area (Å²) in [6, 6.07) is 15.8. The molecule has 2 aromatic carbocycles. The number of aromatic amines is 1. The molecule has 3 N–H and O–H groups in total. The van der Waals surface area contributed by atoms with Gasteiger partial charge in [-0.25, -0.2) is 9.69 Å². The van der Waals surface area contributed by atoms with Crippen LogP contribution >= 0.6 is 0 Å². The number of amides is 4. The summed E-state index contributed by atoms with van der Waals surface area (Å²) in [5.41, 5.74) is 3.99. The molecular weight excluding hydrogens is 392 g/mol. The smallest absolute Gasteiger partial charge is 0.329 e. The van der Waals surface area contributed by atoms with Crippen LogP contribution in [0.1, 0.15) is 43.0 Å². The van der Waals surface area contributed by atoms with Gasteiger partial charge in [0.05, 0.1) is 11.7 Å². The summed E-state index contributed by atoms with van der Waals surface area (Å²) in [5, 5.41) is 7.04. The van der Waals surface area contributed by atoms with Gasteiger partial charge in [0, 0.05) is 23.0 Å². The normalized spacial score (nSPS) is 20.6. The van der Waals surface area contributed by atoms with E-state index < -0.39 is 12.1 Å². The fourth-order valence-electron chi connectivity index (χ4n) is 4.65. The lowest BCUT2D eigenvalue weighted by Crippen LogP contribution is -2.34. The van der Waals surface area contributed by atoms with Crippen molar-refractivity contribution in [3.05, 3.63) is 65.9 Å². The number of nitrogens with one attached hydrogen (secondary N) is 3. The van der Waals surface area contributed by atoms with Crippen LogP contribution in [0.15, 0.2) is 54.6 Å². The van der Waals surface area contributed by atoms with Gasteiger partial charge in [-0.15, -0.1) is 0 Å². The molecule has 5 rings (SSSR count). The van der Waals surface area contributed by atoms with Gasteiger partial charge in [0.2, 0.25) is 5.91 Å². The third-order valence-corrected chi connectivity index (χ3v) is 6.14. The quantitative estimate of drug-likeness (QED) is 0.555. The number of carbonyl (C=O) groups is 3. The van der Waals surface area contributed by atoms with Crippen LogP contribution < -0.4 is 15.5 Å². The maximum absolute atomic E-state index is 12.7. The maximum atomic E-state index is 12.7. The minimum atomic E-state index is -0.687. The highest BCUT2D eigenvalue weighted by Crippen LogP contribution is 2.34. The number of carbonyl (C=O) groups excluding carboxylic acids is 3. The Hall–Kier alpha value is -3.61. The maximum Gasteiger partial charge on any atom is 0.329 e. The second-order valence-corrected chi connectivity index (χ2v) is 8.13. The lowest BCUT2D eigenvalue weighted by molar-refractivity contribution is -0.122. The molecule has 1 aromatic heterocycles. The van der Waals surface area contributed by atoms with Gasteiger partial charge in [-0.2, -0.15) is 0 Å². The third kappa shape index (κ3) is 3.56. The van der Waals surface area contributed by atoms with Crippen molar-refractivity contribution in [2.45, 2.75) is 44.2 Å². The van der Waals surface area contributed by atoms with Gasteiger partial charge < -0.3 is 15.6 Å². The number of anilines is 1. The number of imide groups is 1. The van der Waals surface area contributed by atoms with E-state index in [2.05, 4.69) is 27.8 Å². The van der Waals surface area contributed by atoms with Crippen molar-refractivity contribution < 1.29 is 14.4 Å². The van der Waals surface area contributed by atoms with Crippen LogP contribution in [0.3, 0.4) is 0 Å². The van der Waals surface area contributed by atoms with E-state index in [0.717, 1.165) is 35.4 Å². The Balaban J connectivity index is 1.23. The number of nitrogens with zero attached hydrogens (tertiary/aromatic N) is 1. The minimum absolute atomic E-state index is 0.0571. The highest BCUT2D eigenvalue weighted by molar-refractivity contribution is 6.21. The number of rotatable bonds is 5. The van der Waals surface area contributed by atoms with Crippen molar-refractivity contribution in [2.24, 2.45) is 0 Å². The van der Waals surface area contributed by atoms with Crippen molar-refractivity contribution in [3.8, 4) is 0 Å². The van der Waals surface area contributed by atoms with Gasteiger partial charge in [0.25, 0.3) is 5.91 Å². The van der Waals surface area contributed by atoms with Gasteiger partial charge in [-0.05, 0) is 49.4 Å². The van der Waals surface area contributed by atoms with Crippen LogP contribution in [0.25, 0.3) is 10.9 Å². The number of H-pyrrole nitrogens is 1. The molecule has 0 bridgehead atoms. The van der Waals surface area contributed by atoms with Crippen LogP contribution in [0.2, 0.25) is 0 Å². The van der Waals surface area contributed by atoms with Crippen molar-refractivity contribution in [2.75, 3.05) is 4.90 Å². The van der Waals surface area contributed by atoms with Gasteiger partial charge in [-0.1, -0.05) is 36.4 Å². The molecule has 1 fully saturated rings. The molecule has 2 aliphatic rings. The molecular formula is C24H24N4O3. The Bertz CT molecular complexity index is 1150. The number of hydrogen-bond donors (Lipinski definition) is 3. The summed E-state index contributed by atoms with van der Waals surface area (Å²) >= 11 is 0. The number of benzene rings is 2. The standard InChI is InChI=1S/C24H24N4O3/c29-21(14-13-20-23(30)28(24(31)27-20)15-7-2-1-3-8-15)25-19-12-6-10-17-16-9-4-5-11-18(16)26-22(17)19/h1-5,7-9,11,19-20,26H,6,10,12-14H2,(H,25,29)(H,27,31). The van der Waals surface area contributed by atoms with Crippen LogP contribution in [0.4, 0.5) is 10.5 Å². The predicted molar refractivity (Wildman–Crippen MR) is 118 cm³/mol. The second kappa shape index (κ2) is 7.91. The van der Waals surface area contributed by atoms with E-state index in [1.54, 1.807) is 24.3 Å². The SMILES string of the molecule is O=C(CCC1NC(=O)N(c2ccccc2)C1=O)NC1CCCc2c1[nH]c1ccccc21. The van der Waals surface area contributed by atoms with E-state index in [0.29, 0.717) is 5.69 Å². The number of aryl methyl sites for hydroxylation is 1. The van der Waals surface area contributed by atoms with Crippen molar-refractivity contribution in [3.63, 3.8) is 0 Å². The summed E-state index contributed by atoms with van der Waals surface area (Å²) in [4.78, 5) is 42.2. The molecule has 158 valence electrons. The largest absolute Gasteiger partial charge is 0.356 e. The van der Waals surface area contributed by atoms with E-state index in [1.165, 1.54) is 10.9 Å². The van der Waals surface area contributed by atoms with Gasteiger partial charge in [-0.3, -0.25) is 9.59 Å². The van der Waals surface area contributed by atoms with E-state index in [4.69, 9.17) is 0 Å². The average Bonchev–Trinajstić information content (AvgIpc) is 3.30. The average molecular weight is 416 g/mol. The summed E-state index contributed by atoms with van der Waals surface area (Å²) in [6.07, 6.45) is 3.34. The fourth-order valence-corrected chi connectivity index (χ4v) is 4.65. The Kier molecular flexibility index (Phi) is 4.94. The van der Waals surface area contributed by atoms with Crippen LogP contribution in [-0.2, 0) is 16.0 Å². The zero-order valence-electron chi connectivity index (χ0n) is 17.1. The number of aromatic nitrogens is 1. The Morgan fingerprint density at radius 1 is 1.06 bits per heavy atom. The highest BCUT2D eigenvalue weighted by Gasteiger charge is 2.39. The molecule has 3 aromatic rings. The summed E-state index contributed by atoms with van der Waals surface area (Å²) in [7, 11) is 0. The number of para-hydroxylation sites is 2. The molecule has 1 saturated heterocycles. The van der Waals surface area contributed by atoms with Crippen molar-refractivity contribution >= 4 is 34.4 Å². The molecule has 1 aliphatic heterocycles. The zero-order chi connectivity index (χ0) is 21.4. The first-order valence-corrected chi connectivity index (χ1v) is 10.7. The Morgan fingerprint density at radius 2 is 1.84 bits per heavy atom. The lowest BCUT2D eigenvalue weighted by Gasteiger charge is -2.24. The van der Waals surface area contributed by atoms with Crippen LogP contribution in [0.5, 0.6) is 0 Å². The van der Waals surface area contributed by atoms with Gasteiger partial charge in [0.15, 0.2) is 0 Å². The molecule has 4 amide bonds. The fraction of sp³-hybridized carbons (Fsp3) is 0.292. The minimum Gasteiger partial charge on any atom is -0.356 e. The van der Waals surface area contributed by atoms with Crippen LogP contribution in [-0.4, -0.2) is 28.9 Å². The molecule has 2 atom stereocenters. The summed E-state index contributed by atoms with van der Waals surface area (Å²) < 4.78 is 0. The summed E-state index contributed by atoms with van der Waals surface area (Å²) in [5.74, 6) is -0.434. The van der Waals surface area contributed by atoms with E-state index in [-0.39, 0.29) is 30.7 Å². The van der Waals surface area contributed by atoms with Gasteiger partial charge in [0.1, 0.15) is 6.04 Å². The number of urea groups is 1. The molecule has 0 saturated carbocycles. The van der Waals surface area contributed by atoms with E-state index >= 15 is 0 Å². The third-order valence-electron chi connectivity index (χ3n) is 6.14. The summed E-state index contributed by atoms with van der Waals surface area (Å²) in [6.45, 7) is 0. The monoisotopic (exact) mass is 416 g/mol.